The highest BCUT2D eigenvalue weighted by Crippen LogP contribution is 2.24. The molecule has 1 aromatic carbocycles. The summed E-state index contributed by atoms with van der Waals surface area (Å²) in [6.45, 7) is 0. The average molecular weight is 291 g/mol. The maximum Gasteiger partial charge on any atom is 0.306 e. The number of hydrogen-bond acceptors (Lipinski definition) is 3. The molecule has 0 aromatic heterocycles. The third-order valence-corrected chi connectivity index (χ3v) is 4.00. The Morgan fingerprint density at radius 2 is 2.00 bits per heavy atom. The summed E-state index contributed by atoms with van der Waals surface area (Å²) in [7, 11) is 0. The number of benzene rings is 1. The van der Waals surface area contributed by atoms with Crippen LogP contribution in [0.5, 0.6) is 5.75 Å². The average Bonchev–Trinajstić information content (AvgIpc) is 2.46. The first kappa shape index (κ1) is 15.4. The smallest absolute Gasteiger partial charge is 0.306 e. The second kappa shape index (κ2) is 7.11. The van der Waals surface area contributed by atoms with Crippen LogP contribution in [-0.4, -0.2) is 28.1 Å². The quantitative estimate of drug-likeness (QED) is 0.775. The van der Waals surface area contributed by atoms with Gasteiger partial charge in [0.1, 0.15) is 5.75 Å². The minimum absolute atomic E-state index is 0.0447. The number of carboxylic acids is 1. The Hall–Kier alpha value is -2.04. The first-order chi connectivity index (χ1) is 10.1. The minimum Gasteiger partial charge on any atom is -0.508 e. The van der Waals surface area contributed by atoms with Gasteiger partial charge >= 0.3 is 5.97 Å². The van der Waals surface area contributed by atoms with Crippen LogP contribution in [0, 0.1) is 5.92 Å². The van der Waals surface area contributed by atoms with Crippen LogP contribution in [0.2, 0.25) is 0 Å². The zero-order valence-electron chi connectivity index (χ0n) is 11.9. The summed E-state index contributed by atoms with van der Waals surface area (Å²) in [5.74, 6) is -1.01. The zero-order chi connectivity index (χ0) is 15.2. The van der Waals surface area contributed by atoms with Gasteiger partial charge in [-0.25, -0.2) is 0 Å². The van der Waals surface area contributed by atoms with E-state index in [1.54, 1.807) is 18.2 Å². The Morgan fingerprint density at radius 3 is 2.71 bits per heavy atom. The SMILES string of the molecule is O=C(CCc1ccccc1O)NC1CCCC(C(=O)O)C1. The Bertz CT molecular complexity index is 515. The molecule has 5 heteroatoms. The molecule has 3 N–H and O–H groups in total. The van der Waals surface area contributed by atoms with Crippen LogP contribution in [0.25, 0.3) is 0 Å². The number of para-hydroxylation sites is 1. The van der Waals surface area contributed by atoms with Crippen LogP contribution < -0.4 is 5.32 Å². The van der Waals surface area contributed by atoms with Crippen molar-refractivity contribution in [1.29, 1.82) is 0 Å². The van der Waals surface area contributed by atoms with Crippen molar-refractivity contribution >= 4 is 11.9 Å². The summed E-state index contributed by atoms with van der Waals surface area (Å²) in [6.07, 6.45) is 3.66. The van der Waals surface area contributed by atoms with E-state index in [1.165, 1.54) is 0 Å². The molecule has 5 nitrogen and oxygen atoms in total. The van der Waals surface area contributed by atoms with E-state index in [4.69, 9.17) is 5.11 Å². The van der Waals surface area contributed by atoms with Crippen molar-refractivity contribution in [3.8, 4) is 5.75 Å². The summed E-state index contributed by atoms with van der Waals surface area (Å²) < 4.78 is 0. The van der Waals surface area contributed by atoms with Crippen molar-refractivity contribution in [2.24, 2.45) is 5.92 Å². The van der Waals surface area contributed by atoms with Crippen molar-refractivity contribution in [1.82, 2.24) is 5.32 Å². The molecule has 1 fully saturated rings. The number of hydrogen-bond donors (Lipinski definition) is 3. The fourth-order valence-electron chi connectivity index (χ4n) is 2.82. The number of aryl methyl sites for hydroxylation is 1. The number of aliphatic carboxylic acids is 1. The summed E-state index contributed by atoms with van der Waals surface area (Å²) in [5, 5.41) is 21.6. The molecule has 0 bridgehead atoms. The van der Waals surface area contributed by atoms with Crippen molar-refractivity contribution in [2.45, 2.75) is 44.6 Å². The third-order valence-electron chi connectivity index (χ3n) is 4.00. The molecule has 0 saturated heterocycles. The molecule has 0 aliphatic heterocycles. The Labute approximate surface area is 124 Å². The van der Waals surface area contributed by atoms with E-state index in [9.17, 15) is 14.7 Å². The lowest BCUT2D eigenvalue weighted by Crippen LogP contribution is -2.40. The summed E-state index contributed by atoms with van der Waals surface area (Å²) in [5.41, 5.74) is 0.750. The number of carbonyl (C=O) groups excluding carboxylic acids is 1. The van der Waals surface area contributed by atoms with Gasteiger partial charge in [-0.1, -0.05) is 24.6 Å². The molecule has 0 spiro atoms. The van der Waals surface area contributed by atoms with Crippen molar-refractivity contribution in [3.05, 3.63) is 29.8 Å². The number of carbonyl (C=O) groups is 2. The highest BCUT2D eigenvalue weighted by molar-refractivity contribution is 5.77. The number of carboxylic acid groups (broad SMARTS) is 1. The number of phenols is 1. The molecule has 1 aromatic rings. The summed E-state index contributed by atoms with van der Waals surface area (Å²) in [4.78, 5) is 22.9. The van der Waals surface area contributed by atoms with Crippen LogP contribution in [0.1, 0.15) is 37.7 Å². The van der Waals surface area contributed by atoms with Gasteiger partial charge < -0.3 is 15.5 Å². The zero-order valence-corrected chi connectivity index (χ0v) is 11.9. The van der Waals surface area contributed by atoms with Crippen LogP contribution in [0.4, 0.5) is 0 Å². The number of nitrogens with one attached hydrogen (secondary N) is 1. The van der Waals surface area contributed by atoms with Gasteiger partial charge in [0.25, 0.3) is 0 Å². The van der Waals surface area contributed by atoms with Crippen molar-refractivity contribution < 1.29 is 19.8 Å². The van der Waals surface area contributed by atoms with Gasteiger partial charge in [0.05, 0.1) is 5.92 Å². The Kier molecular flexibility index (Phi) is 5.20. The lowest BCUT2D eigenvalue weighted by Gasteiger charge is -2.27. The van der Waals surface area contributed by atoms with E-state index in [2.05, 4.69) is 5.32 Å². The lowest BCUT2D eigenvalue weighted by atomic mass is 9.85. The van der Waals surface area contributed by atoms with Crippen LogP contribution in [0.3, 0.4) is 0 Å². The maximum atomic E-state index is 11.9. The molecule has 0 heterocycles. The van der Waals surface area contributed by atoms with Gasteiger partial charge in [-0.2, -0.15) is 0 Å². The maximum absolute atomic E-state index is 11.9. The first-order valence-electron chi connectivity index (χ1n) is 7.35. The number of rotatable bonds is 5. The molecule has 1 aliphatic rings. The fraction of sp³-hybridized carbons (Fsp3) is 0.500. The first-order valence-corrected chi connectivity index (χ1v) is 7.35. The van der Waals surface area contributed by atoms with Crippen molar-refractivity contribution in [2.75, 3.05) is 0 Å². The van der Waals surface area contributed by atoms with Gasteiger partial charge in [-0.05, 0) is 37.3 Å². The molecule has 2 atom stereocenters. The molecule has 114 valence electrons. The Morgan fingerprint density at radius 1 is 1.24 bits per heavy atom. The highest BCUT2D eigenvalue weighted by atomic mass is 16.4. The fourth-order valence-corrected chi connectivity index (χ4v) is 2.82. The van der Waals surface area contributed by atoms with E-state index < -0.39 is 5.97 Å². The second-order valence-corrected chi connectivity index (χ2v) is 5.59. The molecular formula is C16H21NO4. The van der Waals surface area contributed by atoms with E-state index in [0.717, 1.165) is 18.4 Å². The summed E-state index contributed by atoms with van der Waals surface area (Å²) in [6, 6.07) is 6.92. The van der Waals surface area contributed by atoms with Crippen LogP contribution in [-0.2, 0) is 16.0 Å². The third kappa shape index (κ3) is 4.48. The lowest BCUT2D eigenvalue weighted by molar-refractivity contribution is -0.143. The largest absolute Gasteiger partial charge is 0.508 e. The monoisotopic (exact) mass is 291 g/mol. The number of amides is 1. The van der Waals surface area contributed by atoms with Gasteiger partial charge in [-0.15, -0.1) is 0 Å². The summed E-state index contributed by atoms with van der Waals surface area (Å²) >= 11 is 0. The van der Waals surface area contributed by atoms with Gasteiger partial charge in [0.2, 0.25) is 5.91 Å². The van der Waals surface area contributed by atoms with Gasteiger partial charge in [-0.3, -0.25) is 9.59 Å². The van der Waals surface area contributed by atoms with Crippen LogP contribution >= 0.6 is 0 Å². The Balaban J connectivity index is 1.79. The number of aromatic hydroxyl groups is 1. The molecule has 1 saturated carbocycles. The normalized spacial score (nSPS) is 21.7. The molecule has 2 rings (SSSR count). The standard InChI is InChI=1S/C16H21NO4/c18-14-7-2-1-4-11(14)8-9-15(19)17-13-6-3-5-12(10-13)16(20)21/h1-2,4,7,12-13,18H,3,5-6,8-10H2,(H,17,19)(H,20,21). The molecule has 2 unspecified atom stereocenters. The minimum atomic E-state index is -0.775. The van der Waals surface area contributed by atoms with E-state index in [1.807, 2.05) is 6.07 Å². The predicted octanol–water partition coefficient (Wildman–Crippen LogP) is 2.08. The van der Waals surface area contributed by atoms with Crippen molar-refractivity contribution in [3.63, 3.8) is 0 Å². The molecule has 1 aliphatic carbocycles. The predicted molar refractivity (Wildman–Crippen MR) is 78.0 cm³/mol. The van der Waals surface area contributed by atoms with E-state index >= 15 is 0 Å². The van der Waals surface area contributed by atoms with Gasteiger partial charge in [0, 0.05) is 12.5 Å². The molecule has 1 amide bonds. The molecule has 0 radical (unpaired) electrons. The molecular weight excluding hydrogens is 270 g/mol. The number of phenolic OH excluding ortho intramolecular Hbond substituents is 1. The second-order valence-electron chi connectivity index (χ2n) is 5.59. The van der Waals surface area contributed by atoms with Crippen LogP contribution in [0.15, 0.2) is 24.3 Å². The van der Waals surface area contributed by atoms with Gasteiger partial charge in [0.15, 0.2) is 0 Å². The van der Waals surface area contributed by atoms with E-state index in [0.29, 0.717) is 25.7 Å². The topological polar surface area (TPSA) is 86.6 Å². The van der Waals surface area contributed by atoms with E-state index in [-0.39, 0.29) is 23.6 Å². The highest BCUT2D eigenvalue weighted by Gasteiger charge is 2.27. The molecule has 21 heavy (non-hydrogen) atoms.